The van der Waals surface area contributed by atoms with Gasteiger partial charge in [-0.15, -0.1) is 0 Å². The van der Waals surface area contributed by atoms with E-state index < -0.39 is 35.4 Å². The maximum absolute atomic E-state index is 14.0. The highest BCUT2D eigenvalue weighted by atomic mass is 16.6. The molecule has 0 amide bonds. The molecule has 1 saturated heterocycles. The van der Waals surface area contributed by atoms with Crippen LogP contribution in [0.1, 0.15) is 25.0 Å². The van der Waals surface area contributed by atoms with E-state index in [1.807, 2.05) is 72.8 Å². The van der Waals surface area contributed by atoms with Gasteiger partial charge in [0.1, 0.15) is 12.4 Å². The maximum Gasteiger partial charge on any atom is 0.342 e. The average Bonchev–Trinajstić information content (AvgIpc) is 3.35. The van der Waals surface area contributed by atoms with Crippen LogP contribution in [0.4, 0.5) is 0 Å². The fourth-order valence-electron chi connectivity index (χ4n) is 5.69. The molecule has 1 heterocycles. The summed E-state index contributed by atoms with van der Waals surface area (Å²) in [4.78, 5) is 40.8. The number of carbonyl (C=O) groups is 3. The van der Waals surface area contributed by atoms with Crippen LogP contribution >= 0.6 is 0 Å². The number of esters is 3. The van der Waals surface area contributed by atoms with Gasteiger partial charge in [0, 0.05) is 11.6 Å². The van der Waals surface area contributed by atoms with Crippen molar-refractivity contribution < 1.29 is 33.3 Å². The molecule has 1 fully saturated rings. The predicted molar refractivity (Wildman–Crippen MR) is 169 cm³/mol. The Morgan fingerprint density at radius 2 is 1.41 bits per heavy atom. The molecule has 4 aromatic carbocycles. The molecule has 0 radical (unpaired) electrons. The molecule has 44 heavy (non-hydrogen) atoms. The molecule has 1 aliphatic heterocycles. The second-order valence-corrected chi connectivity index (χ2v) is 10.4. The molecular weight excluding hydrogens is 558 g/mol. The molecule has 4 aromatic rings. The lowest BCUT2D eigenvalue weighted by atomic mass is 9.85. The maximum atomic E-state index is 14.0. The number of hydrogen-bond acceptors (Lipinski definition) is 8. The van der Waals surface area contributed by atoms with E-state index in [9.17, 15) is 14.4 Å². The van der Waals surface area contributed by atoms with Crippen LogP contribution in [-0.2, 0) is 35.2 Å². The first-order valence-electron chi connectivity index (χ1n) is 14.5. The second-order valence-electron chi connectivity index (χ2n) is 10.4. The van der Waals surface area contributed by atoms with Crippen molar-refractivity contribution in [3.8, 4) is 5.75 Å². The van der Waals surface area contributed by atoms with E-state index in [0.717, 1.165) is 32.7 Å². The minimum atomic E-state index is -2.09. The summed E-state index contributed by atoms with van der Waals surface area (Å²) in [6, 6.07) is 24.4. The second kappa shape index (κ2) is 13.1. The van der Waals surface area contributed by atoms with Crippen LogP contribution in [0.25, 0.3) is 27.6 Å². The van der Waals surface area contributed by atoms with Gasteiger partial charge in [0.05, 0.1) is 26.2 Å². The van der Waals surface area contributed by atoms with Crippen molar-refractivity contribution in [2.75, 3.05) is 20.3 Å². The zero-order valence-corrected chi connectivity index (χ0v) is 25.0. The molecule has 2 unspecified atom stereocenters. The van der Waals surface area contributed by atoms with Gasteiger partial charge in [-0.3, -0.25) is 10.1 Å². The first-order valence-corrected chi connectivity index (χ1v) is 14.5. The largest absolute Gasteiger partial charge is 0.497 e. The molecule has 0 spiro atoms. The normalized spacial score (nSPS) is 17.6. The van der Waals surface area contributed by atoms with Gasteiger partial charge in [0.15, 0.2) is 0 Å². The van der Waals surface area contributed by atoms with Crippen molar-refractivity contribution in [3.63, 3.8) is 0 Å². The van der Waals surface area contributed by atoms with Gasteiger partial charge in [-0.2, -0.15) is 0 Å². The highest BCUT2D eigenvalue weighted by Gasteiger charge is 2.62. The molecule has 0 aliphatic carbocycles. The Balaban J connectivity index is 1.52. The third-order valence-corrected chi connectivity index (χ3v) is 7.87. The van der Waals surface area contributed by atoms with E-state index in [-0.39, 0.29) is 25.4 Å². The van der Waals surface area contributed by atoms with Crippen LogP contribution in [0.15, 0.2) is 97.1 Å². The molecule has 0 bridgehead atoms. The van der Waals surface area contributed by atoms with Gasteiger partial charge in [-0.05, 0) is 64.7 Å². The summed E-state index contributed by atoms with van der Waals surface area (Å²) >= 11 is 0. The quantitative estimate of drug-likeness (QED) is 0.0814. The van der Waals surface area contributed by atoms with Crippen molar-refractivity contribution in [2.45, 2.75) is 32.0 Å². The Labute approximate surface area is 256 Å². The van der Waals surface area contributed by atoms with Gasteiger partial charge >= 0.3 is 17.9 Å². The van der Waals surface area contributed by atoms with Gasteiger partial charge in [-0.25, -0.2) is 9.59 Å². The van der Waals surface area contributed by atoms with Gasteiger partial charge < -0.3 is 18.9 Å². The minimum absolute atomic E-state index is 0.00607. The zero-order chi connectivity index (χ0) is 31.3. The van der Waals surface area contributed by atoms with E-state index >= 15 is 0 Å². The molecule has 5 rings (SSSR count). The number of ether oxygens (including phenoxy) is 4. The molecule has 1 aliphatic rings. The lowest BCUT2D eigenvalue weighted by Crippen LogP contribution is -2.58. The summed E-state index contributed by atoms with van der Waals surface area (Å²) < 4.78 is 21.8. The van der Waals surface area contributed by atoms with Crippen molar-refractivity contribution in [2.24, 2.45) is 5.92 Å². The van der Waals surface area contributed by atoms with Crippen molar-refractivity contribution in [1.82, 2.24) is 5.32 Å². The number of methoxy groups -OCH3 is 1. The first kappa shape index (κ1) is 30.5. The smallest absolute Gasteiger partial charge is 0.342 e. The zero-order valence-electron chi connectivity index (χ0n) is 25.0. The molecule has 0 saturated carbocycles. The molecule has 8 nitrogen and oxygen atoms in total. The topological polar surface area (TPSA) is 100 Å². The summed E-state index contributed by atoms with van der Waals surface area (Å²) in [6.45, 7) is 7.37. The van der Waals surface area contributed by atoms with Crippen LogP contribution in [-0.4, -0.2) is 49.8 Å². The van der Waals surface area contributed by atoms with Crippen molar-refractivity contribution in [3.05, 3.63) is 108 Å². The Kier molecular flexibility index (Phi) is 9.11. The monoisotopic (exact) mass is 593 g/mol. The lowest BCUT2D eigenvalue weighted by Gasteiger charge is -2.26. The van der Waals surface area contributed by atoms with Crippen LogP contribution < -0.4 is 10.1 Å². The Bertz CT molecular complexity index is 1670. The molecule has 8 heteroatoms. The highest BCUT2D eigenvalue weighted by Crippen LogP contribution is 2.38. The Morgan fingerprint density at radius 3 is 1.95 bits per heavy atom. The molecule has 226 valence electrons. The Morgan fingerprint density at radius 1 is 0.841 bits per heavy atom. The summed E-state index contributed by atoms with van der Waals surface area (Å²) in [6.07, 6.45) is 3.50. The third kappa shape index (κ3) is 5.68. The summed E-state index contributed by atoms with van der Waals surface area (Å²) in [5.74, 6) is -2.82. The standard InChI is InChI=1S/C36H35NO7/c1-5-42-34(39)36(35(40)43-6-2)23(3)32(31(37-36)20-17-24-15-18-27(41-4)19-16-24)33(38)44-22-30-28-13-9-7-11-25(28)21-26-12-8-10-14-29(26)30/h7-21,31-32,37H,3,5-6,22H2,1-2,4H3/b20-17+. The van der Waals surface area contributed by atoms with Crippen molar-refractivity contribution in [1.29, 1.82) is 0 Å². The lowest BCUT2D eigenvalue weighted by molar-refractivity contribution is -0.163. The van der Waals surface area contributed by atoms with E-state index in [4.69, 9.17) is 18.9 Å². The van der Waals surface area contributed by atoms with E-state index in [2.05, 4.69) is 18.0 Å². The van der Waals surface area contributed by atoms with Gasteiger partial charge in [0.25, 0.3) is 0 Å². The minimum Gasteiger partial charge on any atom is -0.497 e. The molecule has 2 atom stereocenters. The first-order chi connectivity index (χ1) is 21.3. The number of carbonyl (C=O) groups excluding carboxylic acids is 3. The van der Waals surface area contributed by atoms with Crippen LogP contribution in [0, 0.1) is 5.92 Å². The number of fused-ring (bicyclic) bond motifs is 2. The fraction of sp³-hybridized carbons (Fsp3) is 0.250. The van der Waals surface area contributed by atoms with Crippen LogP contribution in [0.3, 0.4) is 0 Å². The van der Waals surface area contributed by atoms with E-state index in [1.54, 1.807) is 33.1 Å². The highest BCUT2D eigenvalue weighted by molar-refractivity contribution is 6.11. The summed E-state index contributed by atoms with van der Waals surface area (Å²) in [5.41, 5.74) is -0.406. The number of nitrogens with one attached hydrogen (secondary N) is 1. The van der Waals surface area contributed by atoms with Crippen molar-refractivity contribution >= 4 is 45.5 Å². The van der Waals surface area contributed by atoms with Crippen LogP contribution in [0.2, 0.25) is 0 Å². The average molecular weight is 594 g/mol. The predicted octanol–water partition coefficient (Wildman–Crippen LogP) is 5.77. The summed E-state index contributed by atoms with van der Waals surface area (Å²) in [5, 5.41) is 7.01. The number of benzene rings is 4. The molecule has 1 N–H and O–H groups in total. The molecular formula is C36H35NO7. The fourth-order valence-corrected chi connectivity index (χ4v) is 5.69. The SMILES string of the molecule is C=C1C(C(=O)OCc2c3ccccc3cc3ccccc23)C(/C=C/c2ccc(OC)cc2)NC1(C(=O)OCC)C(=O)OCC. The van der Waals surface area contributed by atoms with Gasteiger partial charge in [-0.1, -0.05) is 79.4 Å². The number of hydrogen-bond donors (Lipinski definition) is 1. The number of rotatable bonds is 10. The van der Waals surface area contributed by atoms with Crippen LogP contribution in [0.5, 0.6) is 5.75 Å². The van der Waals surface area contributed by atoms with Gasteiger partial charge in [0.2, 0.25) is 5.54 Å². The van der Waals surface area contributed by atoms with E-state index in [1.165, 1.54) is 0 Å². The third-order valence-electron chi connectivity index (χ3n) is 7.87. The van der Waals surface area contributed by atoms with E-state index in [0.29, 0.717) is 5.75 Å². The molecule has 0 aromatic heterocycles. The Hall–Kier alpha value is -4.95. The summed E-state index contributed by atoms with van der Waals surface area (Å²) in [7, 11) is 1.58.